The normalized spacial score (nSPS) is 10.9. The summed E-state index contributed by atoms with van der Waals surface area (Å²) in [6.07, 6.45) is 0.521. The Hall–Kier alpha value is -3.01. The van der Waals surface area contributed by atoms with Gasteiger partial charge in [-0.25, -0.2) is 9.18 Å². The summed E-state index contributed by atoms with van der Waals surface area (Å²) >= 11 is 3.19. The SMILES string of the molecule is O=C(CCCn1c(=O)oc2cc([N+](=O)[O-])ccc21)NCc1cc(F)cc(Br)c1. The van der Waals surface area contributed by atoms with Crippen molar-refractivity contribution in [3.63, 3.8) is 0 Å². The van der Waals surface area contributed by atoms with Gasteiger partial charge in [0.15, 0.2) is 5.58 Å². The van der Waals surface area contributed by atoms with Gasteiger partial charge in [-0.2, -0.15) is 0 Å². The molecule has 0 spiro atoms. The molecular formula is C18H15BrFN3O5. The van der Waals surface area contributed by atoms with E-state index in [1.807, 2.05) is 0 Å². The number of nitrogens with one attached hydrogen (secondary N) is 1. The van der Waals surface area contributed by atoms with Crippen LogP contribution in [0.15, 0.2) is 50.1 Å². The number of aromatic nitrogens is 1. The first-order chi connectivity index (χ1) is 13.3. The molecule has 1 amide bonds. The van der Waals surface area contributed by atoms with Crippen molar-refractivity contribution in [2.75, 3.05) is 0 Å². The summed E-state index contributed by atoms with van der Waals surface area (Å²) in [4.78, 5) is 34.2. The Labute approximate surface area is 166 Å². The number of nitro groups is 1. The second-order valence-corrected chi connectivity index (χ2v) is 7.00. The monoisotopic (exact) mass is 451 g/mol. The number of nitrogens with zero attached hydrogens (tertiary/aromatic N) is 2. The topological polar surface area (TPSA) is 107 Å². The molecule has 10 heteroatoms. The Morgan fingerprint density at radius 2 is 2.07 bits per heavy atom. The number of benzene rings is 2. The molecular weight excluding hydrogens is 437 g/mol. The van der Waals surface area contributed by atoms with Crippen LogP contribution in [0.1, 0.15) is 18.4 Å². The van der Waals surface area contributed by atoms with Gasteiger partial charge >= 0.3 is 5.76 Å². The smallest absolute Gasteiger partial charge is 0.407 e. The van der Waals surface area contributed by atoms with Crippen molar-refractivity contribution in [3.8, 4) is 0 Å². The first kappa shape index (κ1) is 19.7. The number of rotatable bonds is 7. The molecule has 8 nitrogen and oxygen atoms in total. The Bertz CT molecular complexity index is 1090. The van der Waals surface area contributed by atoms with Crippen LogP contribution in [0.3, 0.4) is 0 Å². The number of aryl methyl sites for hydroxylation is 1. The number of halogens is 2. The van der Waals surface area contributed by atoms with Crippen LogP contribution in [0, 0.1) is 15.9 Å². The van der Waals surface area contributed by atoms with Gasteiger partial charge in [-0.3, -0.25) is 19.5 Å². The molecule has 0 fully saturated rings. The lowest BCUT2D eigenvalue weighted by Gasteiger charge is -2.07. The average molecular weight is 452 g/mol. The number of oxazole rings is 1. The summed E-state index contributed by atoms with van der Waals surface area (Å²) in [5, 5.41) is 13.5. The van der Waals surface area contributed by atoms with Gasteiger partial charge in [0.1, 0.15) is 5.82 Å². The van der Waals surface area contributed by atoms with E-state index in [0.717, 1.165) is 0 Å². The van der Waals surface area contributed by atoms with Gasteiger partial charge < -0.3 is 9.73 Å². The molecule has 3 rings (SSSR count). The fraction of sp³-hybridized carbons (Fsp3) is 0.222. The van der Waals surface area contributed by atoms with Gasteiger partial charge in [0.05, 0.1) is 16.5 Å². The van der Waals surface area contributed by atoms with Crippen molar-refractivity contribution < 1.29 is 18.5 Å². The van der Waals surface area contributed by atoms with Gasteiger partial charge in [-0.1, -0.05) is 15.9 Å². The predicted octanol–water partition coefficient (Wildman–Crippen LogP) is 3.50. The van der Waals surface area contributed by atoms with Crippen molar-refractivity contribution in [1.29, 1.82) is 0 Å². The van der Waals surface area contributed by atoms with Crippen molar-refractivity contribution in [2.24, 2.45) is 0 Å². The minimum Gasteiger partial charge on any atom is -0.407 e. The molecule has 1 N–H and O–H groups in total. The van der Waals surface area contributed by atoms with E-state index in [0.29, 0.717) is 22.0 Å². The number of carbonyl (C=O) groups is 1. The highest BCUT2D eigenvalue weighted by Gasteiger charge is 2.14. The number of non-ortho nitro benzene ring substituents is 1. The van der Waals surface area contributed by atoms with Crippen LogP contribution in [-0.4, -0.2) is 15.4 Å². The molecule has 0 aliphatic rings. The fourth-order valence-electron chi connectivity index (χ4n) is 2.78. The van der Waals surface area contributed by atoms with Gasteiger partial charge in [0.2, 0.25) is 5.91 Å². The largest absolute Gasteiger partial charge is 0.419 e. The van der Waals surface area contributed by atoms with Crippen LogP contribution in [-0.2, 0) is 17.9 Å². The fourth-order valence-corrected chi connectivity index (χ4v) is 3.29. The summed E-state index contributed by atoms with van der Waals surface area (Å²) in [6, 6.07) is 8.29. The molecule has 28 heavy (non-hydrogen) atoms. The van der Waals surface area contributed by atoms with Crippen molar-refractivity contribution >= 4 is 38.6 Å². The molecule has 2 aromatic carbocycles. The maximum absolute atomic E-state index is 13.3. The van der Waals surface area contributed by atoms with E-state index >= 15 is 0 Å². The number of hydrogen-bond acceptors (Lipinski definition) is 5. The maximum Gasteiger partial charge on any atom is 0.419 e. The first-order valence-corrected chi connectivity index (χ1v) is 9.12. The van der Waals surface area contributed by atoms with Crippen LogP contribution in [0.4, 0.5) is 10.1 Å². The highest BCUT2D eigenvalue weighted by Crippen LogP contribution is 2.20. The third-order valence-electron chi connectivity index (χ3n) is 4.06. The van der Waals surface area contributed by atoms with E-state index in [1.165, 1.54) is 34.9 Å². The van der Waals surface area contributed by atoms with E-state index < -0.39 is 16.5 Å². The van der Waals surface area contributed by atoms with Gasteiger partial charge in [-0.15, -0.1) is 0 Å². The lowest BCUT2D eigenvalue weighted by Crippen LogP contribution is -2.23. The van der Waals surface area contributed by atoms with E-state index in [2.05, 4.69) is 21.2 Å². The van der Waals surface area contributed by atoms with Crippen LogP contribution in [0.25, 0.3) is 11.1 Å². The zero-order valence-corrected chi connectivity index (χ0v) is 16.1. The second kappa shape index (κ2) is 8.34. The zero-order chi connectivity index (χ0) is 20.3. The molecule has 0 atom stereocenters. The third-order valence-corrected chi connectivity index (χ3v) is 4.52. The number of nitro benzene ring substituents is 1. The molecule has 3 aromatic rings. The summed E-state index contributed by atoms with van der Waals surface area (Å²) in [6.45, 7) is 0.413. The van der Waals surface area contributed by atoms with Gasteiger partial charge in [0.25, 0.3) is 5.69 Å². The lowest BCUT2D eigenvalue weighted by molar-refractivity contribution is -0.384. The molecule has 1 aromatic heterocycles. The first-order valence-electron chi connectivity index (χ1n) is 8.33. The van der Waals surface area contributed by atoms with Gasteiger partial charge in [0, 0.05) is 30.0 Å². The van der Waals surface area contributed by atoms with E-state index in [-0.39, 0.29) is 36.7 Å². The predicted molar refractivity (Wildman–Crippen MR) is 102 cm³/mol. The Balaban J connectivity index is 1.57. The Kier molecular flexibility index (Phi) is 5.88. The molecule has 0 aliphatic carbocycles. The van der Waals surface area contributed by atoms with Crippen molar-refractivity contribution in [2.45, 2.75) is 25.9 Å². The standard InChI is InChI=1S/C18H15BrFN3O5/c19-12-6-11(7-13(20)8-12)10-21-17(24)2-1-5-22-15-4-3-14(23(26)27)9-16(15)28-18(22)25/h3-4,6-9H,1-2,5,10H2,(H,21,24). The molecule has 0 saturated heterocycles. The maximum atomic E-state index is 13.3. The molecule has 0 aliphatic heterocycles. The van der Waals surface area contributed by atoms with Crippen LogP contribution in [0.5, 0.6) is 0 Å². The summed E-state index contributed by atoms with van der Waals surface area (Å²) < 4.78 is 20.3. The zero-order valence-electron chi connectivity index (χ0n) is 14.5. The Morgan fingerprint density at radius 3 is 2.79 bits per heavy atom. The molecule has 0 unspecified atom stereocenters. The van der Waals surface area contributed by atoms with E-state index in [9.17, 15) is 24.1 Å². The van der Waals surface area contributed by atoms with Crippen molar-refractivity contribution in [1.82, 2.24) is 9.88 Å². The second-order valence-electron chi connectivity index (χ2n) is 6.09. The molecule has 0 saturated carbocycles. The van der Waals surface area contributed by atoms with E-state index in [1.54, 1.807) is 6.07 Å². The lowest BCUT2D eigenvalue weighted by atomic mass is 10.2. The molecule has 0 bridgehead atoms. The number of amides is 1. The number of hydrogen-bond donors (Lipinski definition) is 1. The van der Waals surface area contributed by atoms with Gasteiger partial charge in [-0.05, 0) is 36.2 Å². The van der Waals surface area contributed by atoms with Crippen molar-refractivity contribution in [3.05, 3.63) is 72.9 Å². The summed E-state index contributed by atoms with van der Waals surface area (Å²) in [7, 11) is 0. The quantitative estimate of drug-likeness (QED) is 0.436. The minimum absolute atomic E-state index is 0.125. The minimum atomic E-state index is -0.638. The highest BCUT2D eigenvalue weighted by atomic mass is 79.9. The van der Waals surface area contributed by atoms with Crippen LogP contribution < -0.4 is 11.1 Å². The third kappa shape index (κ3) is 4.63. The van der Waals surface area contributed by atoms with E-state index in [4.69, 9.17) is 4.42 Å². The summed E-state index contributed by atoms with van der Waals surface area (Å²) in [5.74, 6) is -1.28. The van der Waals surface area contributed by atoms with Crippen LogP contribution >= 0.6 is 15.9 Å². The number of fused-ring (bicyclic) bond motifs is 1. The molecule has 0 radical (unpaired) electrons. The highest BCUT2D eigenvalue weighted by molar-refractivity contribution is 9.10. The number of carbonyl (C=O) groups excluding carboxylic acids is 1. The molecule has 146 valence electrons. The average Bonchev–Trinajstić information content (AvgIpc) is 2.94. The van der Waals surface area contributed by atoms with Crippen LogP contribution in [0.2, 0.25) is 0 Å². The molecule has 1 heterocycles. The Morgan fingerprint density at radius 1 is 1.29 bits per heavy atom. The summed E-state index contributed by atoms with van der Waals surface area (Å²) in [5.41, 5.74) is 1.01.